The second-order valence-electron chi connectivity index (χ2n) is 6.88. The van der Waals surface area contributed by atoms with E-state index in [2.05, 4.69) is 19.5 Å². The van der Waals surface area contributed by atoms with Gasteiger partial charge in [-0.3, -0.25) is 9.78 Å². The van der Waals surface area contributed by atoms with Crippen LogP contribution in [0.1, 0.15) is 40.6 Å². The molecular weight excluding hydrogens is 370 g/mol. The van der Waals surface area contributed by atoms with Crippen molar-refractivity contribution in [1.82, 2.24) is 24.4 Å². The van der Waals surface area contributed by atoms with Gasteiger partial charge in [0.05, 0.1) is 17.8 Å². The molecule has 144 valence electrons. The number of likely N-dealkylation sites (tertiary alicyclic amines) is 1. The number of hydrogen-bond acceptors (Lipinski definition) is 5. The quantitative estimate of drug-likeness (QED) is 0.621. The van der Waals surface area contributed by atoms with Crippen molar-refractivity contribution in [2.24, 2.45) is 0 Å². The summed E-state index contributed by atoms with van der Waals surface area (Å²) >= 11 is 1.51. The van der Waals surface area contributed by atoms with E-state index in [1.807, 2.05) is 60.1 Å². The zero-order chi connectivity index (χ0) is 19.3. The Balaban J connectivity index is 1.52. The minimum atomic E-state index is 0.0602. The molecule has 0 unspecified atom stereocenters. The molecule has 3 aromatic rings. The van der Waals surface area contributed by atoms with Crippen molar-refractivity contribution in [1.29, 1.82) is 0 Å². The van der Waals surface area contributed by atoms with Crippen LogP contribution in [0.25, 0.3) is 0 Å². The third-order valence-electron chi connectivity index (χ3n) is 5.07. The predicted molar refractivity (Wildman–Crippen MR) is 109 cm³/mol. The van der Waals surface area contributed by atoms with Gasteiger partial charge in [0.2, 0.25) is 0 Å². The summed E-state index contributed by atoms with van der Waals surface area (Å²) in [5, 5.41) is 0.784. The van der Waals surface area contributed by atoms with Crippen LogP contribution in [-0.4, -0.2) is 49.7 Å². The summed E-state index contributed by atoms with van der Waals surface area (Å²) in [5.74, 6) is 1.32. The van der Waals surface area contributed by atoms with Gasteiger partial charge in [-0.15, -0.1) is 11.8 Å². The summed E-state index contributed by atoms with van der Waals surface area (Å²) in [6.45, 7) is 2.15. The van der Waals surface area contributed by atoms with Crippen LogP contribution in [0.5, 0.6) is 0 Å². The van der Waals surface area contributed by atoms with Crippen LogP contribution in [0, 0.1) is 0 Å². The number of hydrogen-bond donors (Lipinski definition) is 0. The number of piperidine rings is 1. The van der Waals surface area contributed by atoms with Gasteiger partial charge in [0.15, 0.2) is 0 Å². The second kappa shape index (κ2) is 8.56. The number of rotatable bonds is 5. The highest BCUT2D eigenvalue weighted by atomic mass is 32.2. The Kier molecular flexibility index (Phi) is 5.71. The molecule has 28 heavy (non-hydrogen) atoms. The molecule has 0 aromatic carbocycles. The van der Waals surface area contributed by atoms with Crippen LogP contribution < -0.4 is 0 Å². The van der Waals surface area contributed by atoms with Crippen LogP contribution in [0.4, 0.5) is 0 Å². The summed E-state index contributed by atoms with van der Waals surface area (Å²) in [6.07, 6.45) is 11.3. The number of pyridine rings is 2. The molecule has 3 aromatic heterocycles. The largest absolute Gasteiger partial charge is 0.338 e. The zero-order valence-electron chi connectivity index (χ0n) is 15.9. The molecular formula is C21H23N5OS. The maximum Gasteiger partial charge on any atom is 0.256 e. The molecule has 1 fully saturated rings. The third kappa shape index (κ3) is 3.94. The first-order chi connectivity index (χ1) is 13.8. The van der Waals surface area contributed by atoms with Gasteiger partial charge >= 0.3 is 0 Å². The molecule has 0 aliphatic carbocycles. The molecule has 0 N–H and O–H groups in total. The Labute approximate surface area is 169 Å². The highest BCUT2D eigenvalue weighted by Gasteiger charge is 2.29. The van der Waals surface area contributed by atoms with Gasteiger partial charge in [0.25, 0.3) is 5.91 Å². The molecule has 7 heteroatoms. The summed E-state index contributed by atoms with van der Waals surface area (Å²) in [4.78, 5) is 28.4. The fourth-order valence-electron chi connectivity index (χ4n) is 3.74. The van der Waals surface area contributed by atoms with Crippen LogP contribution in [0.3, 0.4) is 0 Å². The minimum Gasteiger partial charge on any atom is -0.338 e. The van der Waals surface area contributed by atoms with Gasteiger partial charge in [0.1, 0.15) is 10.9 Å². The van der Waals surface area contributed by atoms with E-state index in [9.17, 15) is 4.79 Å². The Morgan fingerprint density at radius 3 is 2.86 bits per heavy atom. The van der Waals surface area contributed by atoms with E-state index >= 15 is 0 Å². The van der Waals surface area contributed by atoms with Crippen molar-refractivity contribution >= 4 is 17.7 Å². The van der Waals surface area contributed by atoms with Crippen molar-refractivity contribution in [3.8, 4) is 0 Å². The molecule has 4 rings (SSSR count). The monoisotopic (exact) mass is 393 g/mol. The normalized spacial score (nSPS) is 16.9. The van der Waals surface area contributed by atoms with E-state index in [1.54, 1.807) is 6.20 Å². The maximum atomic E-state index is 13.1. The van der Waals surface area contributed by atoms with Crippen molar-refractivity contribution in [2.45, 2.75) is 30.3 Å². The fraction of sp³-hybridized carbons (Fsp3) is 0.333. The van der Waals surface area contributed by atoms with E-state index < -0.39 is 0 Å². The lowest BCUT2D eigenvalue weighted by atomic mass is 9.96. The van der Waals surface area contributed by atoms with E-state index in [0.29, 0.717) is 18.7 Å². The highest BCUT2D eigenvalue weighted by molar-refractivity contribution is 7.98. The number of carbonyl (C=O) groups excluding carboxylic acids is 1. The number of carbonyl (C=O) groups is 1. The van der Waals surface area contributed by atoms with Gasteiger partial charge in [-0.25, -0.2) is 9.97 Å². The molecule has 6 nitrogen and oxygen atoms in total. The topological polar surface area (TPSA) is 63.9 Å². The standard InChI is InChI=1S/C21H23N5OS/c1-28-20-18(8-4-10-24-20)21(27)26-12-5-6-16(14-26)19-23-11-13-25(19)15-17-7-2-3-9-22-17/h2-4,7-11,13,16H,5-6,12,14-15H2,1H3/t16-/m1/s1. The zero-order valence-corrected chi connectivity index (χ0v) is 16.7. The molecule has 0 spiro atoms. The smallest absolute Gasteiger partial charge is 0.256 e. The first kappa shape index (κ1) is 18.7. The first-order valence-electron chi connectivity index (χ1n) is 9.45. The van der Waals surface area contributed by atoms with Crippen LogP contribution in [-0.2, 0) is 6.54 Å². The Hall–Kier alpha value is -2.67. The molecule has 1 saturated heterocycles. The lowest BCUT2D eigenvalue weighted by Crippen LogP contribution is -2.40. The molecule has 1 aliphatic heterocycles. The number of amides is 1. The van der Waals surface area contributed by atoms with Gasteiger partial charge in [0, 0.05) is 43.8 Å². The molecule has 0 bridgehead atoms. The SMILES string of the molecule is CSc1ncccc1C(=O)N1CCC[C@@H](c2nccn2Cc2ccccn2)C1. The number of thioether (sulfide) groups is 1. The maximum absolute atomic E-state index is 13.1. The lowest BCUT2D eigenvalue weighted by molar-refractivity contribution is 0.0699. The summed E-state index contributed by atoms with van der Waals surface area (Å²) in [7, 11) is 0. The predicted octanol–water partition coefficient (Wildman–Crippen LogP) is 3.46. The summed E-state index contributed by atoms with van der Waals surface area (Å²) < 4.78 is 2.15. The van der Waals surface area contributed by atoms with Crippen LogP contribution in [0.15, 0.2) is 60.1 Å². The van der Waals surface area contributed by atoms with Crippen LogP contribution in [0.2, 0.25) is 0 Å². The Morgan fingerprint density at radius 1 is 1.14 bits per heavy atom. The van der Waals surface area contributed by atoms with Crippen molar-refractivity contribution in [3.05, 3.63) is 72.2 Å². The van der Waals surface area contributed by atoms with E-state index in [4.69, 9.17) is 0 Å². The van der Waals surface area contributed by atoms with E-state index in [-0.39, 0.29) is 11.8 Å². The van der Waals surface area contributed by atoms with Crippen molar-refractivity contribution < 1.29 is 4.79 Å². The van der Waals surface area contributed by atoms with Gasteiger partial charge in [-0.2, -0.15) is 0 Å². The first-order valence-corrected chi connectivity index (χ1v) is 10.7. The third-order valence-corrected chi connectivity index (χ3v) is 5.79. The minimum absolute atomic E-state index is 0.0602. The summed E-state index contributed by atoms with van der Waals surface area (Å²) in [6, 6.07) is 9.63. The Morgan fingerprint density at radius 2 is 2.04 bits per heavy atom. The lowest BCUT2D eigenvalue weighted by Gasteiger charge is -2.33. The highest BCUT2D eigenvalue weighted by Crippen LogP contribution is 2.28. The van der Waals surface area contributed by atoms with Crippen molar-refractivity contribution in [3.63, 3.8) is 0 Å². The van der Waals surface area contributed by atoms with E-state index in [0.717, 1.165) is 35.9 Å². The molecule has 1 amide bonds. The molecule has 0 saturated carbocycles. The average molecular weight is 394 g/mol. The van der Waals surface area contributed by atoms with Crippen LogP contribution >= 0.6 is 11.8 Å². The van der Waals surface area contributed by atoms with Gasteiger partial charge in [-0.1, -0.05) is 6.07 Å². The second-order valence-corrected chi connectivity index (χ2v) is 7.68. The number of aromatic nitrogens is 4. The van der Waals surface area contributed by atoms with Crippen molar-refractivity contribution in [2.75, 3.05) is 19.3 Å². The van der Waals surface area contributed by atoms with Gasteiger partial charge in [-0.05, 0) is 43.4 Å². The number of nitrogens with zero attached hydrogens (tertiary/aromatic N) is 5. The van der Waals surface area contributed by atoms with E-state index in [1.165, 1.54) is 11.8 Å². The number of imidazole rings is 1. The molecule has 1 atom stereocenters. The fourth-order valence-corrected chi connectivity index (χ4v) is 4.28. The Bertz CT molecular complexity index is 943. The van der Waals surface area contributed by atoms with Gasteiger partial charge < -0.3 is 9.47 Å². The molecule has 0 radical (unpaired) electrons. The average Bonchev–Trinajstić information content (AvgIpc) is 3.22. The molecule has 4 heterocycles. The summed E-state index contributed by atoms with van der Waals surface area (Å²) in [5.41, 5.74) is 1.69. The molecule has 1 aliphatic rings.